The van der Waals surface area contributed by atoms with E-state index in [9.17, 15) is 22.8 Å². The van der Waals surface area contributed by atoms with E-state index in [4.69, 9.17) is 4.74 Å². The minimum atomic E-state index is -4.43. The summed E-state index contributed by atoms with van der Waals surface area (Å²) in [7, 11) is 1.27. The van der Waals surface area contributed by atoms with Gasteiger partial charge in [0.15, 0.2) is 5.78 Å². The molecule has 1 unspecified atom stereocenters. The van der Waals surface area contributed by atoms with Gasteiger partial charge in [0.25, 0.3) is 0 Å². The van der Waals surface area contributed by atoms with Crippen molar-refractivity contribution in [1.29, 1.82) is 0 Å². The monoisotopic (exact) mass is 415 g/mol. The molecule has 4 nitrogen and oxygen atoms in total. The van der Waals surface area contributed by atoms with Crippen LogP contribution in [0.3, 0.4) is 0 Å². The van der Waals surface area contributed by atoms with Crippen LogP contribution in [0.5, 0.6) is 0 Å². The van der Waals surface area contributed by atoms with E-state index in [1.165, 1.54) is 13.2 Å². The van der Waals surface area contributed by atoms with Crippen molar-refractivity contribution in [2.75, 3.05) is 7.11 Å². The van der Waals surface area contributed by atoms with E-state index in [1.54, 1.807) is 24.3 Å². The minimum Gasteiger partial charge on any atom is -0.465 e. The molecule has 1 heterocycles. The fourth-order valence-corrected chi connectivity index (χ4v) is 4.28. The lowest BCUT2D eigenvalue weighted by Gasteiger charge is -2.20. The quantitative estimate of drug-likeness (QED) is 0.549. The number of esters is 1. The van der Waals surface area contributed by atoms with Gasteiger partial charge in [0.1, 0.15) is 0 Å². The molecule has 7 heteroatoms. The van der Waals surface area contributed by atoms with Crippen LogP contribution < -0.4 is 0 Å². The number of ketones is 1. The molecule has 0 amide bonds. The van der Waals surface area contributed by atoms with Gasteiger partial charge in [-0.15, -0.1) is 0 Å². The number of Topliss-reactive ketones (excluding diaryl/α,β-unsaturated/α-hetero) is 1. The second-order valence-electron chi connectivity index (χ2n) is 7.73. The molecule has 0 radical (unpaired) electrons. The van der Waals surface area contributed by atoms with E-state index in [-0.39, 0.29) is 23.8 Å². The van der Waals surface area contributed by atoms with Crippen molar-refractivity contribution in [3.8, 4) is 0 Å². The Balaban J connectivity index is 1.94. The summed E-state index contributed by atoms with van der Waals surface area (Å²) in [4.78, 5) is 25.2. The summed E-state index contributed by atoms with van der Waals surface area (Å²) in [6, 6.07) is 10.2. The molecule has 0 N–H and O–H groups in total. The molecule has 1 aliphatic carbocycles. The predicted octanol–water partition coefficient (Wildman–Crippen LogP) is 5.26. The standard InChI is InChI=1S/C23H20F3NO3/c1-13-9-18-21(19(28)10-13)20-16(22(29)30-2)7-4-8-17(20)27(18)12-14-5-3-6-15(11-14)23(24,25)26/h3-8,11,13H,9-10,12H2,1-2H3. The van der Waals surface area contributed by atoms with Gasteiger partial charge >= 0.3 is 12.1 Å². The largest absolute Gasteiger partial charge is 0.465 e. The fraction of sp³-hybridized carbons (Fsp3) is 0.304. The van der Waals surface area contributed by atoms with E-state index < -0.39 is 17.7 Å². The Bertz CT molecular complexity index is 1160. The topological polar surface area (TPSA) is 48.3 Å². The summed E-state index contributed by atoms with van der Waals surface area (Å²) in [6.07, 6.45) is -3.46. The summed E-state index contributed by atoms with van der Waals surface area (Å²) in [5, 5.41) is 0.517. The Morgan fingerprint density at radius 3 is 2.60 bits per heavy atom. The first-order chi connectivity index (χ1) is 14.2. The van der Waals surface area contributed by atoms with Crippen LogP contribution in [-0.4, -0.2) is 23.4 Å². The van der Waals surface area contributed by atoms with Crippen molar-refractivity contribution < 1.29 is 27.5 Å². The zero-order valence-corrected chi connectivity index (χ0v) is 16.5. The highest BCUT2D eigenvalue weighted by Crippen LogP contribution is 2.37. The maximum atomic E-state index is 13.2. The second-order valence-corrected chi connectivity index (χ2v) is 7.73. The van der Waals surface area contributed by atoms with Gasteiger partial charge in [0.2, 0.25) is 0 Å². The number of fused-ring (bicyclic) bond motifs is 3. The van der Waals surface area contributed by atoms with Crippen molar-refractivity contribution in [2.45, 2.75) is 32.5 Å². The first-order valence-corrected chi connectivity index (χ1v) is 9.62. The number of aromatic nitrogens is 1. The molecule has 0 aliphatic heterocycles. The van der Waals surface area contributed by atoms with Gasteiger partial charge in [-0.3, -0.25) is 4.79 Å². The first kappa shape index (κ1) is 20.2. The van der Waals surface area contributed by atoms with Crippen molar-refractivity contribution in [3.05, 3.63) is 70.4 Å². The molecule has 156 valence electrons. The number of carbonyl (C=O) groups is 2. The van der Waals surface area contributed by atoms with Crippen LogP contribution in [0, 0.1) is 5.92 Å². The Hall–Kier alpha value is -3.09. The predicted molar refractivity (Wildman–Crippen MR) is 106 cm³/mol. The molecule has 2 aromatic carbocycles. The fourth-order valence-electron chi connectivity index (χ4n) is 4.28. The van der Waals surface area contributed by atoms with Gasteiger partial charge in [0.05, 0.1) is 23.8 Å². The highest BCUT2D eigenvalue weighted by molar-refractivity contribution is 6.16. The molecular weight excluding hydrogens is 395 g/mol. The third-order valence-electron chi connectivity index (χ3n) is 5.55. The van der Waals surface area contributed by atoms with Crippen LogP contribution in [0.1, 0.15) is 50.9 Å². The molecule has 0 saturated carbocycles. The van der Waals surface area contributed by atoms with Gasteiger partial charge in [-0.05, 0) is 42.2 Å². The number of alkyl halides is 3. The number of hydrogen-bond acceptors (Lipinski definition) is 3. The van der Waals surface area contributed by atoms with E-state index in [2.05, 4.69) is 0 Å². The summed E-state index contributed by atoms with van der Waals surface area (Å²) in [5.74, 6) is -0.505. The Kier molecular flexibility index (Phi) is 4.92. The average Bonchev–Trinajstić information content (AvgIpc) is 3.01. The van der Waals surface area contributed by atoms with Crippen LogP contribution >= 0.6 is 0 Å². The maximum absolute atomic E-state index is 13.2. The minimum absolute atomic E-state index is 0.0621. The zero-order chi connectivity index (χ0) is 21.6. The normalized spacial score (nSPS) is 16.6. The van der Waals surface area contributed by atoms with Crippen molar-refractivity contribution in [2.24, 2.45) is 5.92 Å². The number of benzene rings is 2. The zero-order valence-electron chi connectivity index (χ0n) is 16.5. The molecule has 30 heavy (non-hydrogen) atoms. The number of nitrogens with zero attached hydrogens (tertiary/aromatic N) is 1. The molecule has 4 rings (SSSR count). The van der Waals surface area contributed by atoms with Gasteiger partial charge in [-0.25, -0.2) is 4.79 Å². The lowest BCUT2D eigenvalue weighted by atomic mass is 9.86. The van der Waals surface area contributed by atoms with Gasteiger partial charge in [-0.2, -0.15) is 13.2 Å². The molecule has 0 bridgehead atoms. The van der Waals surface area contributed by atoms with Gasteiger partial charge in [0, 0.05) is 29.6 Å². The molecule has 0 saturated heterocycles. The van der Waals surface area contributed by atoms with Gasteiger partial charge in [-0.1, -0.05) is 25.1 Å². The highest BCUT2D eigenvalue weighted by atomic mass is 19.4. The molecule has 0 fully saturated rings. The van der Waals surface area contributed by atoms with Crippen LogP contribution in [0.2, 0.25) is 0 Å². The molecular formula is C23H20F3NO3. The average molecular weight is 415 g/mol. The summed E-state index contributed by atoms with van der Waals surface area (Å²) < 4.78 is 46.2. The third-order valence-corrected chi connectivity index (χ3v) is 5.55. The Morgan fingerprint density at radius 1 is 1.17 bits per heavy atom. The smallest absolute Gasteiger partial charge is 0.416 e. The lowest BCUT2D eigenvalue weighted by molar-refractivity contribution is -0.137. The van der Waals surface area contributed by atoms with Crippen molar-refractivity contribution in [3.63, 3.8) is 0 Å². The number of halogens is 3. The highest BCUT2D eigenvalue weighted by Gasteiger charge is 2.33. The SMILES string of the molecule is COC(=O)c1cccc2c1c1c(n2Cc2cccc(C(F)(F)F)c2)CC(C)CC1=O. The number of hydrogen-bond donors (Lipinski definition) is 0. The molecule has 3 aromatic rings. The molecule has 1 aliphatic rings. The Labute approximate surface area is 171 Å². The van der Waals surface area contributed by atoms with E-state index in [0.29, 0.717) is 34.9 Å². The second kappa shape index (κ2) is 7.31. The van der Waals surface area contributed by atoms with E-state index >= 15 is 0 Å². The molecule has 0 spiro atoms. The van der Waals surface area contributed by atoms with Gasteiger partial charge < -0.3 is 9.30 Å². The number of rotatable bonds is 3. The number of methoxy groups -OCH3 is 1. The summed E-state index contributed by atoms with van der Waals surface area (Å²) in [6.45, 7) is 2.13. The van der Waals surface area contributed by atoms with Crippen LogP contribution in [0.4, 0.5) is 13.2 Å². The molecule has 1 aromatic heterocycles. The van der Waals surface area contributed by atoms with Crippen LogP contribution in [-0.2, 0) is 23.9 Å². The maximum Gasteiger partial charge on any atom is 0.416 e. The van der Waals surface area contributed by atoms with Crippen LogP contribution in [0.15, 0.2) is 42.5 Å². The number of ether oxygens (including phenoxy) is 1. The third kappa shape index (κ3) is 3.38. The van der Waals surface area contributed by atoms with Crippen LogP contribution in [0.25, 0.3) is 10.9 Å². The van der Waals surface area contributed by atoms with Crippen molar-refractivity contribution >= 4 is 22.7 Å². The summed E-state index contributed by atoms with van der Waals surface area (Å²) >= 11 is 0. The molecule has 1 atom stereocenters. The summed E-state index contributed by atoms with van der Waals surface area (Å²) in [5.41, 5.74) is 1.92. The lowest BCUT2D eigenvalue weighted by Crippen LogP contribution is -2.20. The Morgan fingerprint density at radius 2 is 1.90 bits per heavy atom. The first-order valence-electron chi connectivity index (χ1n) is 9.62. The van der Waals surface area contributed by atoms with Crippen molar-refractivity contribution in [1.82, 2.24) is 4.57 Å². The van der Waals surface area contributed by atoms with E-state index in [1.807, 2.05) is 11.5 Å². The number of carbonyl (C=O) groups excluding carboxylic acids is 2. The van der Waals surface area contributed by atoms with E-state index in [0.717, 1.165) is 17.8 Å².